The molecule has 0 amide bonds. The average Bonchev–Trinajstić information content (AvgIpc) is 2.71. The maximum absolute atomic E-state index is 10.1. The van der Waals surface area contributed by atoms with E-state index in [0.717, 1.165) is 0 Å². The lowest BCUT2D eigenvalue weighted by molar-refractivity contribution is -0.138. The van der Waals surface area contributed by atoms with Crippen molar-refractivity contribution in [2.75, 3.05) is 13.2 Å². The Kier molecular flexibility index (Phi) is 2.48. The van der Waals surface area contributed by atoms with Gasteiger partial charge < -0.3 is 9.47 Å². The molecule has 1 rings (SSSR count). The van der Waals surface area contributed by atoms with Crippen LogP contribution in [0.5, 0.6) is 0 Å². The van der Waals surface area contributed by atoms with Crippen LogP contribution >= 0.6 is 0 Å². The monoisotopic (exact) mass is 157 g/mol. The Morgan fingerprint density at radius 1 is 1.82 bits per heavy atom. The van der Waals surface area contributed by atoms with Gasteiger partial charge >= 0.3 is 5.97 Å². The third-order valence-electron chi connectivity index (χ3n) is 1.27. The molecule has 1 saturated heterocycles. The molecule has 0 N–H and O–H groups in total. The van der Waals surface area contributed by atoms with Gasteiger partial charge in [0.05, 0.1) is 18.4 Å². The largest absolute Gasteiger partial charge is 0.498 e. The highest BCUT2D eigenvalue weighted by atomic mass is 16.6. The molecule has 0 aromatic carbocycles. The van der Waals surface area contributed by atoms with Gasteiger partial charge in [-0.25, -0.2) is 9.90 Å². The predicted molar refractivity (Wildman–Crippen MR) is 35.1 cm³/mol. The molecule has 0 aromatic heterocycles. The van der Waals surface area contributed by atoms with E-state index in [1.807, 2.05) is 0 Å². The van der Waals surface area contributed by atoms with Gasteiger partial charge in [0.1, 0.15) is 12.7 Å². The molecule has 1 fully saturated rings. The van der Waals surface area contributed by atoms with Crippen molar-refractivity contribution in [2.24, 2.45) is 0 Å². The molecule has 0 aromatic rings. The van der Waals surface area contributed by atoms with Gasteiger partial charge in [0.2, 0.25) is 0 Å². The number of hydrogen-bond acceptors (Lipinski definition) is 3. The Balaban J connectivity index is 2.15. The molecule has 1 heterocycles. The van der Waals surface area contributed by atoms with Crippen LogP contribution in [0.4, 0.5) is 0 Å². The van der Waals surface area contributed by atoms with Crippen molar-refractivity contribution >= 4 is 5.97 Å². The second-order valence-electron chi connectivity index (χ2n) is 2.38. The first-order valence-corrected chi connectivity index (χ1v) is 3.31. The number of ether oxygens (including phenoxy) is 2. The quantitative estimate of drug-likeness (QED) is 0.334. The zero-order chi connectivity index (χ0) is 8.27. The van der Waals surface area contributed by atoms with Crippen molar-refractivity contribution in [3.63, 3.8) is 0 Å². The minimum absolute atomic E-state index is 0.0886. The van der Waals surface area contributed by atoms with Gasteiger partial charge in [-0.1, -0.05) is 0 Å². The van der Waals surface area contributed by atoms with Gasteiger partial charge in [0.25, 0.3) is 0 Å². The highest BCUT2D eigenvalue weighted by Gasteiger charge is 2.22. The lowest BCUT2D eigenvalue weighted by atomic mass is 10.3. The molecular formula is C7H9O4. The van der Waals surface area contributed by atoms with Crippen LogP contribution in [0.25, 0.3) is 0 Å². The number of epoxide rings is 1. The summed E-state index contributed by atoms with van der Waals surface area (Å²) in [6.45, 7) is 2.55. The number of rotatable bonds is 4. The predicted octanol–water partition coefficient (Wildman–Crippen LogP) is 0.263. The molecular weight excluding hydrogens is 148 g/mol. The molecule has 11 heavy (non-hydrogen) atoms. The first kappa shape index (κ1) is 8.07. The molecule has 0 aliphatic carbocycles. The smallest absolute Gasteiger partial charge is 0.385 e. The molecule has 0 spiro atoms. The molecule has 0 bridgehead atoms. The number of hydrogen-bond donors (Lipinski definition) is 0. The maximum Gasteiger partial charge on any atom is 0.385 e. The standard InChI is InChI=1S/C7H9O4/c1-5(7(8)9)2-10-3-6-4-11-6/h2,6H,3-4H2,1H3. The minimum Gasteiger partial charge on any atom is -0.498 e. The van der Waals surface area contributed by atoms with Crippen LogP contribution in [-0.2, 0) is 19.4 Å². The third-order valence-corrected chi connectivity index (χ3v) is 1.27. The molecule has 0 saturated carbocycles. The van der Waals surface area contributed by atoms with Crippen LogP contribution in [0.15, 0.2) is 11.8 Å². The second-order valence-corrected chi connectivity index (χ2v) is 2.38. The summed E-state index contributed by atoms with van der Waals surface area (Å²) in [4.78, 5) is 10.1. The van der Waals surface area contributed by atoms with Crippen LogP contribution in [0.2, 0.25) is 0 Å². The molecule has 1 radical (unpaired) electrons. The van der Waals surface area contributed by atoms with E-state index in [4.69, 9.17) is 9.47 Å². The third kappa shape index (κ3) is 3.04. The SMILES string of the molecule is CC(=COCC1CO1)C([O])=O. The van der Waals surface area contributed by atoms with Gasteiger partial charge in [-0.15, -0.1) is 0 Å². The Labute approximate surface area is 64.4 Å². The van der Waals surface area contributed by atoms with Crippen molar-refractivity contribution in [1.82, 2.24) is 0 Å². The van der Waals surface area contributed by atoms with Crippen LogP contribution in [0.1, 0.15) is 6.92 Å². The van der Waals surface area contributed by atoms with Crippen LogP contribution in [0.3, 0.4) is 0 Å². The van der Waals surface area contributed by atoms with E-state index < -0.39 is 5.97 Å². The lowest BCUT2D eigenvalue weighted by Gasteiger charge is -1.95. The van der Waals surface area contributed by atoms with E-state index in [1.54, 1.807) is 0 Å². The fourth-order valence-corrected chi connectivity index (χ4v) is 0.493. The average molecular weight is 157 g/mol. The Morgan fingerprint density at radius 3 is 2.91 bits per heavy atom. The summed E-state index contributed by atoms with van der Waals surface area (Å²) in [6.07, 6.45) is 1.33. The maximum atomic E-state index is 10.1. The van der Waals surface area contributed by atoms with E-state index in [1.165, 1.54) is 13.2 Å². The molecule has 1 aliphatic rings. The highest BCUT2D eigenvalue weighted by molar-refractivity contribution is 5.85. The van der Waals surface area contributed by atoms with Crippen molar-refractivity contribution in [3.05, 3.63) is 11.8 Å². The fraction of sp³-hybridized carbons (Fsp3) is 0.571. The molecule has 61 valence electrons. The van der Waals surface area contributed by atoms with Crippen LogP contribution in [-0.4, -0.2) is 25.3 Å². The number of carbonyl (C=O) groups is 1. The van der Waals surface area contributed by atoms with E-state index in [2.05, 4.69) is 0 Å². The van der Waals surface area contributed by atoms with E-state index in [9.17, 15) is 9.90 Å². The Hall–Kier alpha value is -1.03. The first-order valence-electron chi connectivity index (χ1n) is 3.31. The molecule has 1 unspecified atom stereocenters. The summed E-state index contributed by atoms with van der Waals surface area (Å²) in [6, 6.07) is 0. The Morgan fingerprint density at radius 2 is 2.45 bits per heavy atom. The van der Waals surface area contributed by atoms with Gasteiger partial charge in [-0.2, -0.15) is 0 Å². The van der Waals surface area contributed by atoms with Crippen LogP contribution < -0.4 is 0 Å². The van der Waals surface area contributed by atoms with Crippen LogP contribution in [0, 0.1) is 0 Å². The zero-order valence-electron chi connectivity index (χ0n) is 6.20. The normalized spacial score (nSPS) is 23.0. The first-order chi connectivity index (χ1) is 5.20. The number of carbonyl (C=O) groups excluding carboxylic acids is 1. The highest BCUT2D eigenvalue weighted by Crippen LogP contribution is 2.08. The molecule has 4 nitrogen and oxygen atoms in total. The van der Waals surface area contributed by atoms with Gasteiger partial charge in [-0.05, 0) is 6.92 Å². The van der Waals surface area contributed by atoms with Gasteiger partial charge in [0.15, 0.2) is 0 Å². The van der Waals surface area contributed by atoms with E-state index >= 15 is 0 Å². The fourth-order valence-electron chi connectivity index (χ4n) is 0.493. The van der Waals surface area contributed by atoms with Crippen molar-refractivity contribution in [3.8, 4) is 0 Å². The van der Waals surface area contributed by atoms with Gasteiger partial charge in [-0.3, -0.25) is 0 Å². The summed E-state index contributed by atoms with van der Waals surface area (Å²) in [5.41, 5.74) is 0.0886. The van der Waals surface area contributed by atoms with Gasteiger partial charge in [0, 0.05) is 0 Å². The van der Waals surface area contributed by atoms with Crippen molar-refractivity contribution in [1.29, 1.82) is 0 Å². The van der Waals surface area contributed by atoms with E-state index in [0.29, 0.717) is 13.2 Å². The second kappa shape index (κ2) is 3.39. The summed E-state index contributed by atoms with van der Waals surface area (Å²) in [5, 5.41) is 10.1. The minimum atomic E-state index is -1.21. The lowest BCUT2D eigenvalue weighted by Crippen LogP contribution is -1.99. The summed E-state index contributed by atoms with van der Waals surface area (Å²) >= 11 is 0. The summed E-state index contributed by atoms with van der Waals surface area (Å²) in [5.74, 6) is -1.21. The molecule has 1 aliphatic heterocycles. The summed E-state index contributed by atoms with van der Waals surface area (Å²) in [7, 11) is 0. The van der Waals surface area contributed by atoms with Crippen molar-refractivity contribution < 1.29 is 19.4 Å². The molecule has 4 heteroatoms. The zero-order valence-corrected chi connectivity index (χ0v) is 6.20. The molecule has 1 atom stereocenters. The van der Waals surface area contributed by atoms with Crippen molar-refractivity contribution in [2.45, 2.75) is 13.0 Å². The Bertz CT molecular complexity index is 181. The van der Waals surface area contributed by atoms with E-state index in [-0.39, 0.29) is 11.7 Å². The summed E-state index contributed by atoms with van der Waals surface area (Å²) < 4.78 is 9.71. The topological polar surface area (TPSA) is 58.7 Å².